The molecule has 0 aliphatic rings. The Morgan fingerprint density at radius 2 is 1.78 bits per heavy atom. The van der Waals surface area contributed by atoms with E-state index in [0.29, 0.717) is 11.3 Å². The van der Waals surface area contributed by atoms with Crippen molar-refractivity contribution < 1.29 is 14.7 Å². The number of benzene rings is 2. The van der Waals surface area contributed by atoms with Gasteiger partial charge in [0.25, 0.3) is 0 Å². The lowest BCUT2D eigenvalue weighted by Gasteiger charge is -2.04. The van der Waals surface area contributed by atoms with Crippen molar-refractivity contribution in [2.45, 2.75) is 13.3 Å². The van der Waals surface area contributed by atoms with E-state index >= 15 is 0 Å². The first kappa shape index (κ1) is 16.2. The minimum Gasteiger partial charge on any atom is -0.507 e. The molecule has 0 aliphatic heterocycles. The molecule has 0 saturated heterocycles. The number of carbonyl (C=O) groups excluding carboxylic acids is 2. The summed E-state index contributed by atoms with van der Waals surface area (Å²) in [7, 11) is 0. The summed E-state index contributed by atoms with van der Waals surface area (Å²) in [6.07, 6.45) is 2.16. The maximum atomic E-state index is 11.7. The maximum Gasteiger partial charge on any atom is 0.329 e. The smallest absolute Gasteiger partial charge is 0.329 e. The summed E-state index contributed by atoms with van der Waals surface area (Å²) in [6.45, 7) is 2.03. The van der Waals surface area contributed by atoms with Crippen LogP contribution in [0.25, 0.3) is 0 Å². The van der Waals surface area contributed by atoms with Crippen LogP contribution in [0, 0.1) is 0 Å². The Balaban J connectivity index is 1.89. The molecule has 3 N–H and O–H groups in total. The van der Waals surface area contributed by atoms with Crippen LogP contribution in [0.15, 0.2) is 53.6 Å². The van der Waals surface area contributed by atoms with Gasteiger partial charge in [-0.2, -0.15) is 5.10 Å². The van der Waals surface area contributed by atoms with E-state index < -0.39 is 11.8 Å². The number of hydrazone groups is 1. The molecule has 2 rings (SSSR count). The number of para-hydroxylation sites is 1. The van der Waals surface area contributed by atoms with E-state index in [1.807, 2.05) is 19.1 Å². The van der Waals surface area contributed by atoms with E-state index in [9.17, 15) is 14.7 Å². The van der Waals surface area contributed by atoms with Crippen molar-refractivity contribution in [1.82, 2.24) is 5.43 Å². The van der Waals surface area contributed by atoms with Crippen molar-refractivity contribution in [1.29, 1.82) is 0 Å². The van der Waals surface area contributed by atoms with Gasteiger partial charge < -0.3 is 10.4 Å². The maximum absolute atomic E-state index is 11.7. The summed E-state index contributed by atoms with van der Waals surface area (Å²) < 4.78 is 0. The SMILES string of the molecule is CCc1ccc(NC(=O)C(=O)N/N=C\c2ccccc2O)cc1. The van der Waals surface area contributed by atoms with Crippen molar-refractivity contribution in [3.8, 4) is 5.75 Å². The molecule has 6 heteroatoms. The van der Waals surface area contributed by atoms with Gasteiger partial charge >= 0.3 is 11.8 Å². The molecule has 0 heterocycles. The number of nitrogens with zero attached hydrogens (tertiary/aromatic N) is 1. The second-order valence-corrected chi connectivity index (χ2v) is 4.76. The number of phenolic OH excluding ortho intramolecular Hbond substituents is 1. The molecular weight excluding hydrogens is 294 g/mol. The van der Waals surface area contributed by atoms with Gasteiger partial charge in [-0.25, -0.2) is 5.43 Å². The van der Waals surface area contributed by atoms with Gasteiger partial charge in [-0.1, -0.05) is 31.2 Å². The Morgan fingerprint density at radius 1 is 1.09 bits per heavy atom. The molecule has 0 atom stereocenters. The van der Waals surface area contributed by atoms with Crippen LogP contribution < -0.4 is 10.7 Å². The Labute approximate surface area is 133 Å². The lowest BCUT2D eigenvalue weighted by Crippen LogP contribution is -2.32. The molecule has 0 radical (unpaired) electrons. The average Bonchev–Trinajstić information content (AvgIpc) is 2.57. The molecule has 0 bridgehead atoms. The third-order valence-corrected chi connectivity index (χ3v) is 3.13. The predicted molar refractivity (Wildman–Crippen MR) is 88.3 cm³/mol. The molecule has 118 valence electrons. The molecule has 2 aromatic rings. The monoisotopic (exact) mass is 311 g/mol. The number of aromatic hydroxyl groups is 1. The first-order chi connectivity index (χ1) is 11.1. The number of nitrogens with one attached hydrogen (secondary N) is 2. The van der Waals surface area contributed by atoms with Crippen molar-refractivity contribution in [2.24, 2.45) is 5.10 Å². The number of amides is 2. The second-order valence-electron chi connectivity index (χ2n) is 4.76. The molecule has 0 spiro atoms. The van der Waals surface area contributed by atoms with Crippen LogP contribution in [-0.4, -0.2) is 23.1 Å². The molecule has 2 amide bonds. The van der Waals surface area contributed by atoms with Crippen LogP contribution in [0.4, 0.5) is 5.69 Å². The van der Waals surface area contributed by atoms with Gasteiger partial charge in [0.05, 0.1) is 6.21 Å². The summed E-state index contributed by atoms with van der Waals surface area (Å²) in [5.41, 5.74) is 4.21. The third-order valence-electron chi connectivity index (χ3n) is 3.13. The molecular formula is C17H17N3O3. The van der Waals surface area contributed by atoms with Crippen molar-refractivity contribution in [3.63, 3.8) is 0 Å². The minimum absolute atomic E-state index is 0.0333. The van der Waals surface area contributed by atoms with Gasteiger partial charge in [0.2, 0.25) is 0 Å². The van der Waals surface area contributed by atoms with Crippen LogP contribution in [0.3, 0.4) is 0 Å². The Bertz CT molecular complexity index is 724. The highest BCUT2D eigenvalue weighted by atomic mass is 16.3. The minimum atomic E-state index is -0.892. The molecule has 23 heavy (non-hydrogen) atoms. The van der Waals surface area contributed by atoms with E-state index in [-0.39, 0.29) is 5.75 Å². The molecule has 0 saturated carbocycles. The van der Waals surface area contributed by atoms with E-state index in [4.69, 9.17) is 0 Å². The van der Waals surface area contributed by atoms with Gasteiger partial charge in [-0.3, -0.25) is 9.59 Å². The van der Waals surface area contributed by atoms with Crippen LogP contribution in [0.2, 0.25) is 0 Å². The van der Waals surface area contributed by atoms with Crippen LogP contribution >= 0.6 is 0 Å². The number of rotatable bonds is 4. The van der Waals surface area contributed by atoms with Crippen molar-refractivity contribution in [2.75, 3.05) is 5.32 Å². The fourth-order valence-corrected chi connectivity index (χ4v) is 1.82. The van der Waals surface area contributed by atoms with Gasteiger partial charge in [-0.15, -0.1) is 0 Å². The highest BCUT2D eigenvalue weighted by Crippen LogP contribution is 2.12. The van der Waals surface area contributed by atoms with Crippen LogP contribution in [0.5, 0.6) is 5.75 Å². The van der Waals surface area contributed by atoms with Gasteiger partial charge in [0.15, 0.2) is 0 Å². The summed E-state index contributed by atoms with van der Waals surface area (Å²) in [5.74, 6) is -1.68. The Hall–Kier alpha value is -3.15. The summed E-state index contributed by atoms with van der Waals surface area (Å²) >= 11 is 0. The molecule has 0 aliphatic carbocycles. The molecule has 2 aromatic carbocycles. The van der Waals surface area contributed by atoms with Crippen LogP contribution in [-0.2, 0) is 16.0 Å². The number of hydrogen-bond acceptors (Lipinski definition) is 4. The van der Waals surface area contributed by atoms with Gasteiger partial charge in [0.1, 0.15) is 5.75 Å². The largest absolute Gasteiger partial charge is 0.507 e. The quantitative estimate of drug-likeness (QED) is 0.458. The molecule has 0 unspecified atom stereocenters. The predicted octanol–water partition coefficient (Wildman–Crippen LogP) is 2.04. The molecule has 6 nitrogen and oxygen atoms in total. The first-order valence-corrected chi connectivity index (χ1v) is 7.11. The normalized spacial score (nSPS) is 10.5. The van der Waals surface area contributed by atoms with Crippen LogP contribution in [0.1, 0.15) is 18.1 Å². The molecule has 0 fully saturated rings. The second kappa shape index (κ2) is 7.74. The zero-order valence-electron chi connectivity index (χ0n) is 12.6. The Morgan fingerprint density at radius 3 is 2.43 bits per heavy atom. The lowest BCUT2D eigenvalue weighted by molar-refractivity contribution is -0.136. The summed E-state index contributed by atoms with van der Waals surface area (Å²) in [4.78, 5) is 23.4. The fourth-order valence-electron chi connectivity index (χ4n) is 1.82. The topological polar surface area (TPSA) is 90.8 Å². The van der Waals surface area contributed by atoms with E-state index in [1.165, 1.54) is 12.3 Å². The van der Waals surface area contributed by atoms with Gasteiger partial charge in [-0.05, 0) is 36.2 Å². The zero-order valence-corrected chi connectivity index (χ0v) is 12.6. The lowest BCUT2D eigenvalue weighted by atomic mass is 10.1. The fraction of sp³-hybridized carbons (Fsp3) is 0.118. The number of phenols is 1. The number of hydrogen-bond donors (Lipinski definition) is 3. The number of carbonyl (C=O) groups is 2. The van der Waals surface area contributed by atoms with Crippen molar-refractivity contribution in [3.05, 3.63) is 59.7 Å². The van der Waals surface area contributed by atoms with Crippen molar-refractivity contribution >= 4 is 23.7 Å². The third kappa shape index (κ3) is 4.67. The zero-order chi connectivity index (χ0) is 16.7. The average molecular weight is 311 g/mol. The van der Waals surface area contributed by atoms with E-state index in [1.54, 1.807) is 30.3 Å². The van der Waals surface area contributed by atoms with E-state index in [2.05, 4.69) is 15.8 Å². The van der Waals surface area contributed by atoms with E-state index in [0.717, 1.165) is 12.0 Å². The number of aryl methyl sites for hydroxylation is 1. The summed E-state index contributed by atoms with van der Waals surface area (Å²) in [6, 6.07) is 13.7. The highest BCUT2D eigenvalue weighted by molar-refractivity contribution is 6.39. The first-order valence-electron chi connectivity index (χ1n) is 7.11. The standard InChI is InChI=1S/C17H17N3O3/c1-2-12-7-9-14(10-8-12)19-16(22)17(23)20-18-11-13-5-3-4-6-15(13)21/h3-11,21H,2H2,1H3,(H,19,22)(H,20,23)/b18-11-. The molecule has 0 aromatic heterocycles. The number of anilines is 1. The highest BCUT2D eigenvalue weighted by Gasteiger charge is 2.12. The summed E-state index contributed by atoms with van der Waals surface area (Å²) in [5, 5.41) is 15.7. The Kier molecular flexibility index (Phi) is 5.46. The van der Waals surface area contributed by atoms with Gasteiger partial charge in [0, 0.05) is 11.3 Å².